The summed E-state index contributed by atoms with van der Waals surface area (Å²) in [7, 11) is 0. The number of aryl methyl sites for hydroxylation is 2. The number of nitrogens with one attached hydrogen (secondary N) is 2. The van der Waals surface area contributed by atoms with Gasteiger partial charge in [0, 0.05) is 28.5 Å². The van der Waals surface area contributed by atoms with E-state index in [-0.39, 0.29) is 23.6 Å². The maximum absolute atomic E-state index is 14.6. The number of benzene rings is 3. The summed E-state index contributed by atoms with van der Waals surface area (Å²) in [6, 6.07) is 18.3. The second kappa shape index (κ2) is 7.53. The molecule has 6 nitrogen and oxygen atoms in total. The van der Waals surface area contributed by atoms with E-state index in [0.717, 1.165) is 28.8 Å². The zero-order valence-electron chi connectivity index (χ0n) is 20.6. The number of carbonyl (C=O) groups excluding carboxylic acids is 3. The van der Waals surface area contributed by atoms with Crippen LogP contribution >= 0.6 is 11.6 Å². The second-order valence-electron chi connectivity index (χ2n) is 10.7. The number of Topliss-reactive ketones (excluding diaryl/α,β-unsaturated/α-hetero) is 1. The molecule has 2 N–H and O–H groups in total. The topological polar surface area (TPSA) is 78.5 Å². The zero-order valence-corrected chi connectivity index (χ0v) is 21.4. The Bertz CT molecular complexity index is 1550. The van der Waals surface area contributed by atoms with Crippen molar-refractivity contribution < 1.29 is 14.4 Å². The largest absolute Gasteiger partial charge is 0.325 e. The SMILES string of the molecule is Cc1cc(C)c2c(c1)C1(C(=O)N2)N2CCCC2C(C(=O)c2ccccc2Cl)C12C(=O)Nc1ccccc12. The maximum atomic E-state index is 14.6. The van der Waals surface area contributed by atoms with Gasteiger partial charge >= 0.3 is 0 Å². The van der Waals surface area contributed by atoms with Crippen LogP contribution in [0.3, 0.4) is 0 Å². The minimum Gasteiger partial charge on any atom is -0.325 e. The number of anilines is 2. The van der Waals surface area contributed by atoms with Gasteiger partial charge in [0.1, 0.15) is 11.0 Å². The van der Waals surface area contributed by atoms with Gasteiger partial charge in [-0.05, 0) is 62.6 Å². The Kier molecular flexibility index (Phi) is 4.62. The lowest BCUT2D eigenvalue weighted by Gasteiger charge is -2.43. The highest BCUT2D eigenvalue weighted by Crippen LogP contribution is 2.68. The maximum Gasteiger partial charge on any atom is 0.251 e. The number of carbonyl (C=O) groups is 3. The van der Waals surface area contributed by atoms with Crippen LogP contribution in [0.1, 0.15) is 45.5 Å². The molecule has 3 aromatic carbocycles. The van der Waals surface area contributed by atoms with E-state index in [1.807, 2.05) is 50.2 Å². The van der Waals surface area contributed by atoms with Gasteiger partial charge in [-0.3, -0.25) is 19.3 Å². The van der Waals surface area contributed by atoms with E-state index in [9.17, 15) is 14.4 Å². The number of amides is 2. The molecule has 2 saturated heterocycles. The summed E-state index contributed by atoms with van der Waals surface area (Å²) in [4.78, 5) is 45.7. The van der Waals surface area contributed by atoms with Gasteiger partial charge in [0.15, 0.2) is 5.78 Å². The van der Waals surface area contributed by atoms with Crippen molar-refractivity contribution in [2.45, 2.75) is 43.7 Å². The summed E-state index contributed by atoms with van der Waals surface area (Å²) in [5.41, 5.74) is 2.38. The first kappa shape index (κ1) is 22.7. The molecule has 4 unspecified atom stereocenters. The quantitative estimate of drug-likeness (QED) is 0.476. The molecule has 0 radical (unpaired) electrons. The summed E-state index contributed by atoms with van der Waals surface area (Å²) >= 11 is 6.56. The molecular weight excluding hydrogens is 486 g/mol. The average molecular weight is 512 g/mol. The predicted octanol–water partition coefficient (Wildman–Crippen LogP) is 4.97. The van der Waals surface area contributed by atoms with E-state index >= 15 is 0 Å². The second-order valence-corrected chi connectivity index (χ2v) is 11.1. The van der Waals surface area contributed by atoms with Crippen molar-refractivity contribution in [1.82, 2.24) is 4.90 Å². The third kappa shape index (κ3) is 2.53. The highest BCUT2D eigenvalue weighted by molar-refractivity contribution is 6.34. The Labute approximate surface area is 220 Å². The van der Waals surface area contributed by atoms with Gasteiger partial charge in [0.2, 0.25) is 5.91 Å². The van der Waals surface area contributed by atoms with Gasteiger partial charge in [-0.2, -0.15) is 0 Å². The lowest BCUT2D eigenvalue weighted by Crippen LogP contribution is -2.62. The number of fused-ring (bicyclic) bond motifs is 7. The minimum atomic E-state index is -1.46. The molecule has 4 aliphatic rings. The average Bonchev–Trinajstić information content (AvgIpc) is 3.58. The Morgan fingerprint density at radius 3 is 2.54 bits per heavy atom. The van der Waals surface area contributed by atoms with Gasteiger partial charge < -0.3 is 10.6 Å². The Morgan fingerprint density at radius 2 is 1.73 bits per heavy atom. The Morgan fingerprint density at radius 1 is 0.973 bits per heavy atom. The standard InChI is InChI=1S/C30H26ClN3O3/c1-16-14-17(2)25-20(15-16)30(28(37)33-25)29(19-9-4-6-11-22(19)32-27(29)36)24(23-12-7-13-34(23)30)26(35)18-8-3-5-10-21(18)31/h3-6,8-11,14-15,23-24H,7,12-13H2,1-2H3,(H,32,36)(H,33,37). The van der Waals surface area contributed by atoms with Crippen molar-refractivity contribution in [3.05, 3.63) is 93.5 Å². The monoisotopic (exact) mass is 511 g/mol. The molecule has 2 spiro atoms. The third-order valence-electron chi connectivity index (χ3n) is 8.97. The molecule has 0 aliphatic carbocycles. The molecule has 0 aromatic heterocycles. The first-order chi connectivity index (χ1) is 17.8. The fraction of sp³-hybridized carbons (Fsp3) is 0.300. The zero-order chi connectivity index (χ0) is 25.7. The third-order valence-corrected chi connectivity index (χ3v) is 9.30. The van der Waals surface area contributed by atoms with Crippen molar-refractivity contribution in [3.8, 4) is 0 Å². The van der Waals surface area contributed by atoms with Crippen molar-refractivity contribution in [3.63, 3.8) is 0 Å². The number of nitrogens with zero attached hydrogens (tertiary/aromatic N) is 1. The van der Waals surface area contributed by atoms with Crippen LogP contribution in [0, 0.1) is 19.8 Å². The fourth-order valence-corrected chi connectivity index (χ4v) is 8.09. The number of halogens is 1. The van der Waals surface area contributed by atoms with Crippen molar-refractivity contribution in [2.75, 3.05) is 17.2 Å². The smallest absolute Gasteiger partial charge is 0.251 e. The molecule has 7 heteroatoms. The van der Waals surface area contributed by atoms with E-state index in [2.05, 4.69) is 15.5 Å². The molecule has 3 aromatic rings. The van der Waals surface area contributed by atoms with Gasteiger partial charge in [-0.25, -0.2) is 0 Å². The first-order valence-corrected chi connectivity index (χ1v) is 13.1. The van der Waals surface area contributed by atoms with Crippen LogP contribution < -0.4 is 10.6 Å². The molecule has 4 aliphatic heterocycles. The van der Waals surface area contributed by atoms with E-state index in [1.165, 1.54) is 0 Å². The fourth-order valence-electron chi connectivity index (χ4n) is 7.86. The van der Waals surface area contributed by atoms with Crippen LogP contribution in [0.2, 0.25) is 5.02 Å². The van der Waals surface area contributed by atoms with Crippen LogP contribution in [0.25, 0.3) is 0 Å². The van der Waals surface area contributed by atoms with Crippen LogP contribution in [-0.2, 0) is 20.5 Å². The lowest BCUT2D eigenvalue weighted by atomic mass is 9.57. The molecule has 0 saturated carbocycles. The van der Waals surface area contributed by atoms with E-state index in [0.29, 0.717) is 34.8 Å². The number of para-hydroxylation sites is 1. The van der Waals surface area contributed by atoms with Gasteiger partial charge in [0.25, 0.3) is 5.91 Å². The molecule has 37 heavy (non-hydrogen) atoms. The molecule has 186 valence electrons. The van der Waals surface area contributed by atoms with E-state index in [1.54, 1.807) is 24.3 Å². The highest BCUT2D eigenvalue weighted by Gasteiger charge is 2.81. The molecule has 2 fully saturated rings. The van der Waals surface area contributed by atoms with Crippen LogP contribution in [0.15, 0.2) is 60.7 Å². The summed E-state index contributed by atoms with van der Waals surface area (Å²) < 4.78 is 0. The summed E-state index contributed by atoms with van der Waals surface area (Å²) in [5.74, 6) is -1.55. The first-order valence-electron chi connectivity index (χ1n) is 12.7. The lowest BCUT2D eigenvalue weighted by molar-refractivity contribution is -0.137. The van der Waals surface area contributed by atoms with Gasteiger partial charge in [-0.15, -0.1) is 0 Å². The van der Waals surface area contributed by atoms with Gasteiger partial charge in [0.05, 0.1) is 10.9 Å². The highest BCUT2D eigenvalue weighted by atomic mass is 35.5. The molecule has 4 heterocycles. The van der Waals surface area contributed by atoms with Crippen molar-refractivity contribution in [2.24, 2.45) is 5.92 Å². The minimum absolute atomic E-state index is 0.197. The van der Waals surface area contributed by atoms with E-state index < -0.39 is 16.9 Å². The normalized spacial score (nSPS) is 29.4. The predicted molar refractivity (Wildman–Crippen MR) is 142 cm³/mol. The van der Waals surface area contributed by atoms with Crippen LogP contribution in [0.4, 0.5) is 11.4 Å². The summed E-state index contributed by atoms with van der Waals surface area (Å²) in [6.07, 6.45) is 1.55. The molecule has 4 atom stereocenters. The number of rotatable bonds is 2. The molecule has 7 rings (SSSR count). The Hall–Kier alpha value is -3.48. The van der Waals surface area contributed by atoms with E-state index in [4.69, 9.17) is 11.6 Å². The number of hydrogen-bond acceptors (Lipinski definition) is 4. The number of ketones is 1. The van der Waals surface area contributed by atoms with Gasteiger partial charge in [-0.1, -0.05) is 59.6 Å². The molecule has 2 amide bonds. The summed E-state index contributed by atoms with van der Waals surface area (Å²) in [6.45, 7) is 4.60. The van der Waals surface area contributed by atoms with Crippen molar-refractivity contribution >= 4 is 40.6 Å². The molecular formula is C30H26ClN3O3. The van der Waals surface area contributed by atoms with Crippen LogP contribution in [0.5, 0.6) is 0 Å². The summed E-state index contributed by atoms with van der Waals surface area (Å²) in [5, 5.41) is 6.57. The van der Waals surface area contributed by atoms with Crippen molar-refractivity contribution in [1.29, 1.82) is 0 Å². The Balaban J connectivity index is 1.62. The number of hydrogen-bond donors (Lipinski definition) is 2. The molecule has 0 bridgehead atoms. The van der Waals surface area contributed by atoms with Crippen LogP contribution in [-0.4, -0.2) is 35.1 Å².